The average Bonchev–Trinajstić information content (AvgIpc) is 3.29. The number of imidazole rings is 1. The van der Waals surface area contributed by atoms with Crippen LogP contribution in [-0.2, 0) is 19.4 Å². The Kier molecular flexibility index (Phi) is 5.64. The third kappa shape index (κ3) is 4.38. The molecule has 3 nitrogen and oxygen atoms in total. The van der Waals surface area contributed by atoms with Crippen molar-refractivity contribution in [2.24, 2.45) is 0 Å². The lowest BCUT2D eigenvalue weighted by Gasteiger charge is -2.19. The highest BCUT2D eigenvalue weighted by Gasteiger charge is 2.15. The van der Waals surface area contributed by atoms with Crippen LogP contribution in [0, 0.1) is 0 Å². The number of aromatic amines is 1. The molecule has 0 aliphatic rings. The Balaban J connectivity index is 1.64. The summed E-state index contributed by atoms with van der Waals surface area (Å²) < 4.78 is 0. The van der Waals surface area contributed by atoms with Crippen LogP contribution in [0.3, 0.4) is 0 Å². The largest absolute Gasteiger partial charge is 0.392 e. The average molecular weight is 368 g/mol. The summed E-state index contributed by atoms with van der Waals surface area (Å²) in [4.78, 5) is 7.55. The maximum atomic E-state index is 9.55. The first-order valence-electron chi connectivity index (χ1n) is 9.64. The van der Waals surface area contributed by atoms with Gasteiger partial charge < -0.3 is 10.1 Å². The maximum absolute atomic E-state index is 9.55. The van der Waals surface area contributed by atoms with Gasteiger partial charge in [0.05, 0.1) is 6.61 Å². The van der Waals surface area contributed by atoms with Gasteiger partial charge in [-0.05, 0) is 47.1 Å². The molecule has 4 rings (SSSR count). The Morgan fingerprint density at radius 1 is 0.786 bits per heavy atom. The molecule has 0 saturated heterocycles. The van der Waals surface area contributed by atoms with Gasteiger partial charge in [0, 0.05) is 18.0 Å². The second kappa shape index (κ2) is 8.68. The number of nitrogens with one attached hydrogen (secondary N) is 1. The van der Waals surface area contributed by atoms with Crippen LogP contribution in [0.25, 0.3) is 11.4 Å². The molecular formula is C25H24N2O. The molecule has 1 unspecified atom stereocenters. The van der Waals surface area contributed by atoms with Crippen LogP contribution in [0.4, 0.5) is 0 Å². The molecule has 1 heterocycles. The van der Waals surface area contributed by atoms with Crippen LogP contribution in [0.1, 0.15) is 28.2 Å². The minimum absolute atomic E-state index is 0.0693. The van der Waals surface area contributed by atoms with E-state index in [0.717, 1.165) is 29.8 Å². The smallest absolute Gasteiger partial charge is 0.137 e. The number of nitrogens with zero attached hydrogens (tertiary/aromatic N) is 1. The van der Waals surface area contributed by atoms with E-state index < -0.39 is 0 Å². The van der Waals surface area contributed by atoms with Gasteiger partial charge in [-0.2, -0.15) is 0 Å². The number of aromatic nitrogens is 2. The van der Waals surface area contributed by atoms with E-state index in [1.807, 2.05) is 18.3 Å². The van der Waals surface area contributed by atoms with Gasteiger partial charge in [-0.25, -0.2) is 4.98 Å². The Morgan fingerprint density at radius 3 is 2.32 bits per heavy atom. The molecule has 0 aliphatic heterocycles. The van der Waals surface area contributed by atoms with Crippen LogP contribution in [0.5, 0.6) is 0 Å². The van der Waals surface area contributed by atoms with Crippen LogP contribution < -0.4 is 0 Å². The minimum Gasteiger partial charge on any atom is -0.392 e. The first-order chi connectivity index (χ1) is 13.8. The molecule has 0 fully saturated rings. The second-order valence-electron chi connectivity index (χ2n) is 7.13. The Hall–Kier alpha value is -3.17. The first kappa shape index (κ1) is 18.2. The Morgan fingerprint density at radius 2 is 1.54 bits per heavy atom. The van der Waals surface area contributed by atoms with E-state index in [9.17, 15) is 5.11 Å². The molecule has 140 valence electrons. The lowest BCUT2D eigenvalue weighted by molar-refractivity contribution is 0.281. The molecule has 28 heavy (non-hydrogen) atoms. The highest BCUT2D eigenvalue weighted by Crippen LogP contribution is 2.27. The summed E-state index contributed by atoms with van der Waals surface area (Å²) in [5, 5.41) is 9.55. The summed E-state index contributed by atoms with van der Waals surface area (Å²) in [6.45, 7) is 0.0693. The zero-order valence-corrected chi connectivity index (χ0v) is 15.8. The quantitative estimate of drug-likeness (QED) is 0.475. The molecule has 1 aromatic heterocycles. The van der Waals surface area contributed by atoms with Gasteiger partial charge >= 0.3 is 0 Å². The van der Waals surface area contributed by atoms with Crippen molar-refractivity contribution in [3.63, 3.8) is 0 Å². The molecule has 3 aromatic carbocycles. The summed E-state index contributed by atoms with van der Waals surface area (Å²) in [5.41, 5.74) is 5.93. The van der Waals surface area contributed by atoms with E-state index in [2.05, 4.69) is 76.7 Å². The zero-order chi connectivity index (χ0) is 19.2. The number of benzene rings is 3. The highest BCUT2D eigenvalue weighted by atomic mass is 16.3. The fourth-order valence-electron chi connectivity index (χ4n) is 3.71. The van der Waals surface area contributed by atoms with Crippen molar-refractivity contribution < 1.29 is 5.11 Å². The number of rotatable bonds is 7. The summed E-state index contributed by atoms with van der Waals surface area (Å²) in [6.07, 6.45) is 5.51. The number of hydrogen-bond acceptors (Lipinski definition) is 2. The Labute approximate surface area is 165 Å². The summed E-state index contributed by atoms with van der Waals surface area (Å²) in [7, 11) is 0. The Bertz CT molecular complexity index is 1010. The fourth-order valence-corrected chi connectivity index (χ4v) is 3.71. The van der Waals surface area contributed by atoms with Crippen molar-refractivity contribution in [2.45, 2.75) is 25.4 Å². The van der Waals surface area contributed by atoms with Gasteiger partial charge in [-0.3, -0.25) is 0 Å². The van der Waals surface area contributed by atoms with Crippen LogP contribution in [0.15, 0.2) is 91.3 Å². The van der Waals surface area contributed by atoms with Gasteiger partial charge in [0.2, 0.25) is 0 Å². The van der Waals surface area contributed by atoms with Crippen molar-refractivity contribution >= 4 is 0 Å². The highest BCUT2D eigenvalue weighted by molar-refractivity contribution is 5.56. The van der Waals surface area contributed by atoms with Crippen molar-refractivity contribution in [1.29, 1.82) is 0 Å². The number of hydrogen-bond donors (Lipinski definition) is 2. The number of aliphatic hydroxyl groups excluding tert-OH is 1. The second-order valence-corrected chi connectivity index (χ2v) is 7.13. The lowest BCUT2D eigenvalue weighted by atomic mass is 9.86. The van der Waals surface area contributed by atoms with E-state index in [1.165, 1.54) is 16.7 Å². The molecule has 2 N–H and O–H groups in total. The predicted molar refractivity (Wildman–Crippen MR) is 113 cm³/mol. The summed E-state index contributed by atoms with van der Waals surface area (Å²) >= 11 is 0. The van der Waals surface area contributed by atoms with Crippen molar-refractivity contribution in [2.75, 3.05) is 0 Å². The standard InChI is InChI=1S/C25H24N2O/c28-18-21-9-5-10-22(17-21)24(14-19-6-2-1-3-7-19)16-20-8-4-11-23(15-20)25-26-12-13-27-25/h1-13,15,17,24,28H,14,16,18H2,(H,26,27). The van der Waals surface area contributed by atoms with Crippen molar-refractivity contribution in [3.8, 4) is 11.4 Å². The maximum Gasteiger partial charge on any atom is 0.137 e. The van der Waals surface area contributed by atoms with Gasteiger partial charge in [0.1, 0.15) is 5.82 Å². The molecule has 0 radical (unpaired) electrons. The molecule has 0 saturated carbocycles. The topological polar surface area (TPSA) is 48.9 Å². The van der Waals surface area contributed by atoms with Gasteiger partial charge in [0.25, 0.3) is 0 Å². The lowest BCUT2D eigenvalue weighted by Crippen LogP contribution is -2.08. The molecule has 0 amide bonds. The van der Waals surface area contributed by atoms with E-state index in [1.54, 1.807) is 6.20 Å². The zero-order valence-electron chi connectivity index (χ0n) is 15.8. The molecule has 0 aliphatic carbocycles. The van der Waals surface area contributed by atoms with E-state index in [4.69, 9.17) is 0 Å². The minimum atomic E-state index is 0.0693. The van der Waals surface area contributed by atoms with Crippen molar-refractivity contribution in [3.05, 3.63) is 114 Å². The van der Waals surface area contributed by atoms with Gasteiger partial charge in [-0.1, -0.05) is 72.8 Å². The van der Waals surface area contributed by atoms with Crippen LogP contribution in [-0.4, -0.2) is 15.1 Å². The van der Waals surface area contributed by atoms with E-state index in [-0.39, 0.29) is 6.61 Å². The third-order valence-corrected chi connectivity index (χ3v) is 5.11. The summed E-state index contributed by atoms with van der Waals surface area (Å²) in [6, 6.07) is 27.5. The number of aliphatic hydroxyl groups is 1. The molecule has 1 atom stereocenters. The van der Waals surface area contributed by atoms with Crippen LogP contribution >= 0.6 is 0 Å². The molecule has 0 spiro atoms. The number of H-pyrrole nitrogens is 1. The normalized spacial score (nSPS) is 12.0. The SMILES string of the molecule is OCc1cccc(C(Cc2ccccc2)Cc2cccc(-c3ncc[nH]3)c2)c1. The summed E-state index contributed by atoms with van der Waals surface area (Å²) in [5.74, 6) is 1.23. The van der Waals surface area contributed by atoms with E-state index in [0.29, 0.717) is 5.92 Å². The first-order valence-corrected chi connectivity index (χ1v) is 9.64. The third-order valence-electron chi connectivity index (χ3n) is 5.11. The van der Waals surface area contributed by atoms with Crippen LogP contribution in [0.2, 0.25) is 0 Å². The predicted octanol–water partition coefficient (Wildman–Crippen LogP) is 5.14. The van der Waals surface area contributed by atoms with Gasteiger partial charge in [-0.15, -0.1) is 0 Å². The van der Waals surface area contributed by atoms with Crippen molar-refractivity contribution in [1.82, 2.24) is 9.97 Å². The molecule has 3 heteroatoms. The molecule has 4 aromatic rings. The molecule has 0 bridgehead atoms. The monoisotopic (exact) mass is 368 g/mol. The van der Waals surface area contributed by atoms with Gasteiger partial charge in [0.15, 0.2) is 0 Å². The van der Waals surface area contributed by atoms with E-state index >= 15 is 0 Å². The molecular weight excluding hydrogens is 344 g/mol. The fraction of sp³-hybridized carbons (Fsp3) is 0.160.